The lowest BCUT2D eigenvalue weighted by atomic mass is 10.1. The summed E-state index contributed by atoms with van der Waals surface area (Å²) in [5.41, 5.74) is 1.97. The zero-order valence-electron chi connectivity index (χ0n) is 8.81. The second-order valence-corrected chi connectivity index (χ2v) is 3.03. The molecular formula is C12H13NO2. The zero-order valence-corrected chi connectivity index (χ0v) is 8.81. The summed E-state index contributed by atoms with van der Waals surface area (Å²) in [5, 5.41) is 0. The lowest BCUT2D eigenvalue weighted by Gasteiger charge is -1.94. The number of amides is 1. The maximum atomic E-state index is 10.7. The van der Waals surface area contributed by atoms with Crippen molar-refractivity contribution in [3.63, 3.8) is 0 Å². The predicted octanol–water partition coefficient (Wildman–Crippen LogP) is 2.93. The van der Waals surface area contributed by atoms with Crippen LogP contribution < -0.4 is 0 Å². The van der Waals surface area contributed by atoms with Crippen molar-refractivity contribution in [2.24, 2.45) is 4.99 Å². The van der Waals surface area contributed by atoms with E-state index < -0.39 is 6.09 Å². The molecule has 0 N–H and O–H groups in total. The van der Waals surface area contributed by atoms with Crippen molar-refractivity contribution in [1.82, 2.24) is 0 Å². The van der Waals surface area contributed by atoms with Gasteiger partial charge in [0.05, 0.1) is 7.11 Å². The van der Waals surface area contributed by atoms with Crippen molar-refractivity contribution >= 4 is 18.4 Å². The molecule has 0 aliphatic rings. The molecule has 1 aromatic carbocycles. The molecule has 0 saturated heterocycles. The standard InChI is InChI=1S/C12H13NO2/c1-10(9-13-12(14)15-2)8-11-6-4-3-5-7-11/h3-9H,1-2H3/b10-8+,13-9+. The zero-order chi connectivity index (χ0) is 11.1. The van der Waals surface area contributed by atoms with Crippen molar-refractivity contribution in [1.29, 1.82) is 0 Å². The van der Waals surface area contributed by atoms with Gasteiger partial charge >= 0.3 is 6.09 Å². The molecule has 1 aromatic rings. The third-order valence-corrected chi connectivity index (χ3v) is 1.74. The van der Waals surface area contributed by atoms with Crippen LogP contribution in [0.15, 0.2) is 40.9 Å². The molecule has 0 spiro atoms. The van der Waals surface area contributed by atoms with Gasteiger partial charge in [-0.05, 0) is 18.1 Å². The lowest BCUT2D eigenvalue weighted by Crippen LogP contribution is -1.93. The van der Waals surface area contributed by atoms with Crippen LogP contribution in [0.3, 0.4) is 0 Å². The van der Waals surface area contributed by atoms with E-state index >= 15 is 0 Å². The van der Waals surface area contributed by atoms with Gasteiger partial charge in [0, 0.05) is 6.21 Å². The molecule has 0 atom stereocenters. The van der Waals surface area contributed by atoms with Gasteiger partial charge in [0.2, 0.25) is 0 Å². The summed E-state index contributed by atoms with van der Waals surface area (Å²) < 4.78 is 4.39. The molecule has 0 bridgehead atoms. The molecule has 0 aliphatic carbocycles. The van der Waals surface area contributed by atoms with Crippen molar-refractivity contribution < 1.29 is 9.53 Å². The van der Waals surface area contributed by atoms with Crippen LogP contribution in [0, 0.1) is 0 Å². The first-order chi connectivity index (χ1) is 7.22. The number of allylic oxidation sites excluding steroid dienone is 1. The maximum Gasteiger partial charge on any atom is 0.433 e. The summed E-state index contributed by atoms with van der Waals surface area (Å²) in [5.74, 6) is 0. The highest BCUT2D eigenvalue weighted by molar-refractivity contribution is 5.91. The summed E-state index contributed by atoms with van der Waals surface area (Å²) in [4.78, 5) is 14.3. The average Bonchev–Trinajstić information content (AvgIpc) is 2.27. The molecule has 3 nitrogen and oxygen atoms in total. The Morgan fingerprint density at radius 2 is 2.00 bits per heavy atom. The number of aliphatic imine (C=N–C) groups is 1. The molecule has 15 heavy (non-hydrogen) atoms. The first-order valence-electron chi connectivity index (χ1n) is 4.58. The SMILES string of the molecule is COC(=O)/N=C/C(C)=C/c1ccccc1. The minimum Gasteiger partial charge on any atom is -0.451 e. The van der Waals surface area contributed by atoms with E-state index in [9.17, 15) is 4.79 Å². The number of benzene rings is 1. The fourth-order valence-corrected chi connectivity index (χ4v) is 1.06. The van der Waals surface area contributed by atoms with E-state index in [-0.39, 0.29) is 0 Å². The summed E-state index contributed by atoms with van der Waals surface area (Å²) in [7, 11) is 1.30. The Morgan fingerprint density at radius 3 is 2.60 bits per heavy atom. The van der Waals surface area contributed by atoms with Gasteiger partial charge in [-0.2, -0.15) is 4.99 Å². The van der Waals surface area contributed by atoms with Crippen LogP contribution in [0.2, 0.25) is 0 Å². The molecule has 1 amide bonds. The third-order valence-electron chi connectivity index (χ3n) is 1.74. The highest BCUT2D eigenvalue weighted by atomic mass is 16.5. The van der Waals surface area contributed by atoms with Gasteiger partial charge in [-0.1, -0.05) is 36.4 Å². The van der Waals surface area contributed by atoms with Crippen LogP contribution in [0.25, 0.3) is 6.08 Å². The van der Waals surface area contributed by atoms with Gasteiger partial charge in [-0.15, -0.1) is 0 Å². The number of carbonyl (C=O) groups excluding carboxylic acids is 1. The quantitative estimate of drug-likeness (QED) is 0.693. The largest absolute Gasteiger partial charge is 0.451 e. The highest BCUT2D eigenvalue weighted by Gasteiger charge is 1.92. The maximum absolute atomic E-state index is 10.7. The van der Waals surface area contributed by atoms with Gasteiger partial charge in [-0.25, -0.2) is 4.79 Å². The Hall–Kier alpha value is -1.90. The Morgan fingerprint density at radius 1 is 1.33 bits per heavy atom. The fraction of sp³-hybridized carbons (Fsp3) is 0.167. The van der Waals surface area contributed by atoms with Gasteiger partial charge < -0.3 is 4.74 Å². The van der Waals surface area contributed by atoms with Crippen LogP contribution in [0.1, 0.15) is 12.5 Å². The minimum absolute atomic E-state index is 0.587. The molecule has 3 heteroatoms. The number of hydrogen-bond donors (Lipinski definition) is 0. The molecule has 0 radical (unpaired) electrons. The second kappa shape index (κ2) is 5.75. The molecular weight excluding hydrogens is 190 g/mol. The molecule has 0 saturated carbocycles. The van der Waals surface area contributed by atoms with Gasteiger partial charge in [0.15, 0.2) is 0 Å². The molecule has 0 fully saturated rings. The normalized spacial score (nSPS) is 11.7. The van der Waals surface area contributed by atoms with Crippen LogP contribution in [0.5, 0.6) is 0 Å². The van der Waals surface area contributed by atoms with E-state index in [0.29, 0.717) is 0 Å². The predicted molar refractivity (Wildman–Crippen MR) is 61.0 cm³/mol. The Balaban J connectivity index is 2.69. The molecule has 0 aliphatic heterocycles. The van der Waals surface area contributed by atoms with Gasteiger partial charge in [0.25, 0.3) is 0 Å². The molecule has 1 rings (SSSR count). The Bertz CT molecular complexity index is 380. The highest BCUT2D eigenvalue weighted by Crippen LogP contribution is 2.04. The number of hydrogen-bond acceptors (Lipinski definition) is 2. The number of rotatable bonds is 2. The smallest absolute Gasteiger partial charge is 0.433 e. The van der Waals surface area contributed by atoms with Crippen molar-refractivity contribution in [2.45, 2.75) is 6.92 Å². The number of carbonyl (C=O) groups is 1. The molecule has 0 aromatic heterocycles. The first kappa shape index (κ1) is 11.2. The van der Waals surface area contributed by atoms with E-state index in [2.05, 4.69) is 9.73 Å². The lowest BCUT2D eigenvalue weighted by molar-refractivity contribution is 0.183. The summed E-state index contributed by atoms with van der Waals surface area (Å²) >= 11 is 0. The van der Waals surface area contributed by atoms with E-state index in [4.69, 9.17) is 0 Å². The first-order valence-corrected chi connectivity index (χ1v) is 4.58. The van der Waals surface area contributed by atoms with Crippen LogP contribution >= 0.6 is 0 Å². The van der Waals surface area contributed by atoms with Crippen molar-refractivity contribution in [3.8, 4) is 0 Å². The van der Waals surface area contributed by atoms with Gasteiger partial charge in [0.1, 0.15) is 0 Å². The Kier molecular flexibility index (Phi) is 4.29. The number of ether oxygens (including phenoxy) is 1. The summed E-state index contributed by atoms with van der Waals surface area (Å²) in [6, 6.07) is 9.83. The number of nitrogens with zero attached hydrogens (tertiary/aromatic N) is 1. The molecule has 0 unspecified atom stereocenters. The monoisotopic (exact) mass is 203 g/mol. The Labute approximate surface area is 89.1 Å². The van der Waals surface area contributed by atoms with Crippen LogP contribution in [-0.2, 0) is 4.74 Å². The van der Waals surface area contributed by atoms with Crippen molar-refractivity contribution in [2.75, 3.05) is 7.11 Å². The van der Waals surface area contributed by atoms with E-state index in [1.807, 2.05) is 43.3 Å². The van der Waals surface area contributed by atoms with E-state index in [0.717, 1.165) is 11.1 Å². The van der Waals surface area contributed by atoms with E-state index in [1.165, 1.54) is 13.3 Å². The molecule has 78 valence electrons. The third kappa shape index (κ3) is 4.22. The topological polar surface area (TPSA) is 38.7 Å². The average molecular weight is 203 g/mol. The summed E-state index contributed by atoms with van der Waals surface area (Å²) in [6.07, 6.45) is 2.83. The van der Waals surface area contributed by atoms with Crippen LogP contribution in [-0.4, -0.2) is 19.4 Å². The van der Waals surface area contributed by atoms with Crippen molar-refractivity contribution in [3.05, 3.63) is 41.5 Å². The minimum atomic E-state index is -0.587. The van der Waals surface area contributed by atoms with E-state index in [1.54, 1.807) is 0 Å². The second-order valence-electron chi connectivity index (χ2n) is 3.03. The van der Waals surface area contributed by atoms with Crippen LogP contribution in [0.4, 0.5) is 4.79 Å². The number of methoxy groups -OCH3 is 1. The summed E-state index contributed by atoms with van der Waals surface area (Å²) in [6.45, 7) is 1.87. The fourth-order valence-electron chi connectivity index (χ4n) is 1.06. The molecule has 0 heterocycles. The van der Waals surface area contributed by atoms with Gasteiger partial charge in [-0.3, -0.25) is 0 Å².